The Morgan fingerprint density at radius 3 is 2.84 bits per heavy atom. The molecule has 0 saturated carbocycles. The van der Waals surface area contributed by atoms with Gasteiger partial charge in [0.05, 0.1) is 6.54 Å². The molecule has 0 bridgehead atoms. The van der Waals surface area contributed by atoms with Crippen LogP contribution in [-0.4, -0.2) is 60.6 Å². The Balaban J connectivity index is 2.24. The summed E-state index contributed by atoms with van der Waals surface area (Å²) in [6, 6.07) is 0.449. The van der Waals surface area contributed by atoms with Crippen molar-refractivity contribution in [3.63, 3.8) is 0 Å². The zero-order chi connectivity index (χ0) is 14.1. The predicted molar refractivity (Wildman–Crippen MR) is 73.0 cm³/mol. The van der Waals surface area contributed by atoms with Gasteiger partial charge in [-0.25, -0.2) is 0 Å². The van der Waals surface area contributed by atoms with Crippen molar-refractivity contribution in [2.75, 3.05) is 32.7 Å². The van der Waals surface area contributed by atoms with E-state index in [1.54, 1.807) is 0 Å². The van der Waals surface area contributed by atoms with Gasteiger partial charge in [0.25, 0.3) is 0 Å². The number of aliphatic carboxylic acids is 1. The Kier molecular flexibility index (Phi) is 7.43. The van der Waals surface area contributed by atoms with Crippen molar-refractivity contribution in [1.82, 2.24) is 15.5 Å². The standard InChI is InChI=1S/C13H25N3O3/c1-2-8-16(11-5-7-14-9-11)10-12(17)15-6-3-4-13(18)19/h11,14H,2-10H2,1H3,(H,15,17)(H,18,19). The fraction of sp³-hybridized carbons (Fsp3) is 0.846. The number of carbonyl (C=O) groups excluding carboxylic acids is 1. The summed E-state index contributed by atoms with van der Waals surface area (Å²) in [6.07, 6.45) is 2.71. The SMILES string of the molecule is CCCN(CC(=O)NCCCC(=O)O)C1CCNC1. The topological polar surface area (TPSA) is 81.7 Å². The maximum absolute atomic E-state index is 11.8. The Bertz CT molecular complexity index is 291. The smallest absolute Gasteiger partial charge is 0.303 e. The lowest BCUT2D eigenvalue weighted by atomic mass is 10.2. The molecule has 0 aromatic carbocycles. The minimum absolute atomic E-state index is 0.00858. The molecule has 1 atom stereocenters. The van der Waals surface area contributed by atoms with Crippen molar-refractivity contribution in [1.29, 1.82) is 0 Å². The summed E-state index contributed by atoms with van der Waals surface area (Å²) >= 11 is 0. The molecule has 3 N–H and O–H groups in total. The van der Waals surface area contributed by atoms with Crippen LogP contribution >= 0.6 is 0 Å². The molecule has 0 aliphatic carbocycles. The molecule has 0 spiro atoms. The summed E-state index contributed by atoms with van der Waals surface area (Å²) < 4.78 is 0. The molecule has 1 heterocycles. The van der Waals surface area contributed by atoms with E-state index in [9.17, 15) is 9.59 Å². The van der Waals surface area contributed by atoms with Crippen LogP contribution < -0.4 is 10.6 Å². The second-order valence-corrected chi connectivity index (χ2v) is 4.96. The molecule has 1 rings (SSSR count). The Labute approximate surface area is 114 Å². The van der Waals surface area contributed by atoms with Gasteiger partial charge in [0.15, 0.2) is 0 Å². The van der Waals surface area contributed by atoms with E-state index in [2.05, 4.69) is 22.5 Å². The largest absolute Gasteiger partial charge is 0.481 e. The molecular formula is C13H25N3O3. The van der Waals surface area contributed by atoms with E-state index in [1.807, 2.05) is 0 Å². The predicted octanol–water partition coefficient (Wildman–Crippen LogP) is 0.0413. The lowest BCUT2D eigenvalue weighted by Gasteiger charge is -2.27. The van der Waals surface area contributed by atoms with Crippen molar-refractivity contribution >= 4 is 11.9 Å². The van der Waals surface area contributed by atoms with E-state index >= 15 is 0 Å². The first-order chi connectivity index (χ1) is 9.13. The average molecular weight is 271 g/mol. The number of rotatable bonds is 9. The molecule has 1 amide bonds. The highest BCUT2D eigenvalue weighted by molar-refractivity contribution is 5.78. The molecule has 19 heavy (non-hydrogen) atoms. The molecule has 0 aromatic heterocycles. The summed E-state index contributed by atoms with van der Waals surface area (Å²) in [7, 11) is 0. The third kappa shape index (κ3) is 6.54. The maximum Gasteiger partial charge on any atom is 0.303 e. The van der Waals surface area contributed by atoms with E-state index < -0.39 is 5.97 Å². The van der Waals surface area contributed by atoms with Crippen LogP contribution in [0.3, 0.4) is 0 Å². The van der Waals surface area contributed by atoms with Gasteiger partial charge in [0.1, 0.15) is 0 Å². The summed E-state index contributed by atoms with van der Waals surface area (Å²) in [4.78, 5) is 24.4. The van der Waals surface area contributed by atoms with Gasteiger partial charge in [-0.05, 0) is 32.4 Å². The van der Waals surface area contributed by atoms with Crippen molar-refractivity contribution in [3.05, 3.63) is 0 Å². The number of carboxylic acid groups (broad SMARTS) is 1. The van der Waals surface area contributed by atoms with Crippen LogP contribution in [0.15, 0.2) is 0 Å². The summed E-state index contributed by atoms with van der Waals surface area (Å²) in [6.45, 7) is 5.85. The molecule has 1 fully saturated rings. The van der Waals surface area contributed by atoms with Gasteiger partial charge in [-0.15, -0.1) is 0 Å². The highest BCUT2D eigenvalue weighted by atomic mass is 16.4. The molecule has 6 nitrogen and oxygen atoms in total. The molecule has 1 aliphatic rings. The molecule has 1 unspecified atom stereocenters. The Morgan fingerprint density at radius 1 is 1.47 bits per heavy atom. The molecule has 1 saturated heterocycles. The number of carboxylic acids is 1. The highest BCUT2D eigenvalue weighted by Gasteiger charge is 2.23. The summed E-state index contributed by atoms with van der Waals surface area (Å²) in [5, 5.41) is 14.6. The number of carbonyl (C=O) groups is 2. The van der Waals surface area contributed by atoms with E-state index in [-0.39, 0.29) is 12.3 Å². The first-order valence-electron chi connectivity index (χ1n) is 7.06. The zero-order valence-electron chi connectivity index (χ0n) is 11.7. The van der Waals surface area contributed by atoms with Gasteiger partial charge in [0.2, 0.25) is 5.91 Å². The van der Waals surface area contributed by atoms with Gasteiger partial charge >= 0.3 is 5.97 Å². The monoisotopic (exact) mass is 271 g/mol. The van der Waals surface area contributed by atoms with Gasteiger partial charge < -0.3 is 15.7 Å². The van der Waals surface area contributed by atoms with Gasteiger partial charge in [-0.3, -0.25) is 14.5 Å². The van der Waals surface area contributed by atoms with E-state index in [0.29, 0.717) is 25.6 Å². The first kappa shape index (κ1) is 15.9. The maximum atomic E-state index is 11.8. The van der Waals surface area contributed by atoms with Crippen molar-refractivity contribution in [3.8, 4) is 0 Å². The fourth-order valence-electron chi connectivity index (χ4n) is 2.34. The van der Waals surface area contributed by atoms with Crippen LogP contribution in [0.5, 0.6) is 0 Å². The third-order valence-electron chi connectivity index (χ3n) is 3.30. The normalized spacial score (nSPS) is 18.7. The summed E-state index contributed by atoms with van der Waals surface area (Å²) in [5.41, 5.74) is 0. The molecule has 0 radical (unpaired) electrons. The highest BCUT2D eigenvalue weighted by Crippen LogP contribution is 2.08. The van der Waals surface area contributed by atoms with Crippen LogP contribution in [0.4, 0.5) is 0 Å². The van der Waals surface area contributed by atoms with E-state index in [4.69, 9.17) is 5.11 Å². The van der Waals surface area contributed by atoms with Crippen LogP contribution in [0.2, 0.25) is 0 Å². The van der Waals surface area contributed by atoms with Crippen LogP contribution in [0.25, 0.3) is 0 Å². The van der Waals surface area contributed by atoms with Gasteiger partial charge in [0, 0.05) is 25.6 Å². The molecular weight excluding hydrogens is 246 g/mol. The number of nitrogens with zero attached hydrogens (tertiary/aromatic N) is 1. The van der Waals surface area contributed by atoms with Crippen molar-refractivity contribution in [2.45, 2.75) is 38.6 Å². The number of hydrogen-bond donors (Lipinski definition) is 3. The van der Waals surface area contributed by atoms with E-state index in [0.717, 1.165) is 32.5 Å². The summed E-state index contributed by atoms with van der Waals surface area (Å²) in [5.74, 6) is -0.829. The second kappa shape index (κ2) is 8.87. The molecule has 1 aliphatic heterocycles. The quantitative estimate of drug-likeness (QED) is 0.516. The lowest BCUT2D eigenvalue weighted by Crippen LogP contribution is -2.44. The molecule has 0 aromatic rings. The van der Waals surface area contributed by atoms with Crippen LogP contribution in [0, 0.1) is 0 Å². The van der Waals surface area contributed by atoms with Crippen LogP contribution in [-0.2, 0) is 9.59 Å². The first-order valence-corrected chi connectivity index (χ1v) is 7.06. The van der Waals surface area contributed by atoms with Gasteiger partial charge in [-0.2, -0.15) is 0 Å². The zero-order valence-corrected chi connectivity index (χ0v) is 11.7. The minimum atomic E-state index is -0.820. The van der Waals surface area contributed by atoms with Crippen LogP contribution in [0.1, 0.15) is 32.6 Å². The second-order valence-electron chi connectivity index (χ2n) is 4.96. The Morgan fingerprint density at radius 2 is 2.26 bits per heavy atom. The molecule has 110 valence electrons. The van der Waals surface area contributed by atoms with Crippen molar-refractivity contribution < 1.29 is 14.7 Å². The number of amides is 1. The average Bonchev–Trinajstić information content (AvgIpc) is 2.87. The van der Waals surface area contributed by atoms with Crippen molar-refractivity contribution in [2.24, 2.45) is 0 Å². The third-order valence-corrected chi connectivity index (χ3v) is 3.30. The van der Waals surface area contributed by atoms with Gasteiger partial charge in [-0.1, -0.05) is 6.92 Å². The lowest BCUT2D eigenvalue weighted by molar-refractivity contribution is -0.137. The van der Waals surface area contributed by atoms with E-state index in [1.165, 1.54) is 0 Å². The number of hydrogen-bond acceptors (Lipinski definition) is 4. The number of nitrogens with one attached hydrogen (secondary N) is 2. The minimum Gasteiger partial charge on any atom is -0.481 e. The fourth-order valence-corrected chi connectivity index (χ4v) is 2.34. The molecule has 6 heteroatoms. The Hall–Kier alpha value is -1.14.